The van der Waals surface area contributed by atoms with Gasteiger partial charge < -0.3 is 5.11 Å². The van der Waals surface area contributed by atoms with E-state index < -0.39 is 0 Å². The Morgan fingerprint density at radius 3 is 2.38 bits per heavy atom. The van der Waals surface area contributed by atoms with E-state index in [0.29, 0.717) is 5.75 Å². The molecule has 2 rings (SSSR count). The molecule has 0 aliphatic heterocycles. The molecule has 1 atom stereocenters. The lowest BCUT2D eigenvalue weighted by atomic mass is 9.91. The van der Waals surface area contributed by atoms with Gasteiger partial charge in [-0.2, -0.15) is 0 Å². The summed E-state index contributed by atoms with van der Waals surface area (Å²) in [5, 5.41) is 9.87. The highest BCUT2D eigenvalue weighted by molar-refractivity contribution is 5.42. The van der Waals surface area contributed by atoms with Crippen LogP contribution in [0.4, 0.5) is 0 Å². The summed E-state index contributed by atoms with van der Waals surface area (Å²) in [5.74, 6) is 0.600. The second-order valence-electron chi connectivity index (χ2n) is 4.19. The largest absolute Gasteiger partial charge is 0.508 e. The molecule has 0 bridgehead atoms. The molecule has 0 spiro atoms. The highest BCUT2D eigenvalue weighted by Crippen LogP contribution is 2.31. The first-order chi connectivity index (χ1) is 7.68. The van der Waals surface area contributed by atoms with Gasteiger partial charge in [-0.1, -0.05) is 55.0 Å². The third-order valence-electron chi connectivity index (χ3n) is 2.95. The molecule has 0 heterocycles. The van der Waals surface area contributed by atoms with E-state index in [4.69, 9.17) is 0 Å². The second-order valence-corrected chi connectivity index (χ2v) is 4.19. The molecule has 16 heavy (non-hydrogen) atoms. The van der Waals surface area contributed by atoms with Crippen LogP contribution in [0.15, 0.2) is 48.5 Å². The molecule has 1 heteroatoms. The lowest BCUT2D eigenvalue weighted by Gasteiger charge is -2.14. The smallest absolute Gasteiger partial charge is 0.119 e. The number of rotatable bonds is 2. The van der Waals surface area contributed by atoms with Gasteiger partial charge in [-0.05, 0) is 18.6 Å². The average molecular weight is 212 g/mol. The molecule has 1 nitrogen and oxygen atoms in total. The molecule has 1 N–H and O–H groups in total. The normalized spacial score (nSPS) is 12.4. The van der Waals surface area contributed by atoms with E-state index in [1.54, 1.807) is 6.07 Å². The van der Waals surface area contributed by atoms with Gasteiger partial charge in [-0.15, -0.1) is 0 Å². The summed E-state index contributed by atoms with van der Waals surface area (Å²) in [5.41, 5.74) is 3.39. The molecule has 82 valence electrons. The highest BCUT2D eigenvalue weighted by Gasteiger charge is 2.12. The quantitative estimate of drug-likeness (QED) is 0.801. The molecule has 0 aliphatic carbocycles. The average Bonchev–Trinajstić information content (AvgIpc) is 2.32. The lowest BCUT2D eigenvalue weighted by Crippen LogP contribution is -1.96. The molecule has 0 saturated heterocycles. The zero-order valence-electron chi connectivity index (χ0n) is 9.64. The number of hydrogen-bond acceptors (Lipinski definition) is 1. The van der Waals surface area contributed by atoms with E-state index >= 15 is 0 Å². The summed E-state index contributed by atoms with van der Waals surface area (Å²) < 4.78 is 0. The monoisotopic (exact) mass is 212 g/mol. The van der Waals surface area contributed by atoms with Crippen LogP contribution in [-0.4, -0.2) is 5.11 Å². The van der Waals surface area contributed by atoms with Crippen molar-refractivity contribution in [3.63, 3.8) is 0 Å². The van der Waals surface area contributed by atoms with Crippen molar-refractivity contribution in [3.8, 4) is 5.75 Å². The van der Waals surface area contributed by atoms with Crippen LogP contribution >= 0.6 is 0 Å². The van der Waals surface area contributed by atoms with E-state index in [9.17, 15) is 5.11 Å². The van der Waals surface area contributed by atoms with Gasteiger partial charge in [0.15, 0.2) is 0 Å². The van der Waals surface area contributed by atoms with E-state index in [2.05, 4.69) is 19.1 Å². The standard InChI is InChI=1S/C15H16O/c1-11-8-9-15(16)14(10-11)12(2)13-6-4-3-5-7-13/h3-10,12,16H,1-2H3. The fourth-order valence-electron chi connectivity index (χ4n) is 1.94. The van der Waals surface area contributed by atoms with Gasteiger partial charge in [0.2, 0.25) is 0 Å². The molecular weight excluding hydrogens is 196 g/mol. The Hall–Kier alpha value is -1.76. The van der Waals surface area contributed by atoms with Crippen LogP contribution in [0.5, 0.6) is 5.75 Å². The third-order valence-corrected chi connectivity index (χ3v) is 2.95. The minimum Gasteiger partial charge on any atom is -0.508 e. The Labute approximate surface area is 96.4 Å². The van der Waals surface area contributed by atoms with Crippen molar-refractivity contribution in [2.45, 2.75) is 19.8 Å². The van der Waals surface area contributed by atoms with Crippen molar-refractivity contribution in [2.75, 3.05) is 0 Å². The molecule has 0 amide bonds. The molecule has 2 aromatic carbocycles. The van der Waals surface area contributed by atoms with Crippen molar-refractivity contribution < 1.29 is 5.11 Å². The SMILES string of the molecule is Cc1ccc(O)c(C(C)c2ccccc2)c1. The summed E-state index contributed by atoms with van der Waals surface area (Å²) in [7, 11) is 0. The van der Waals surface area contributed by atoms with Gasteiger partial charge >= 0.3 is 0 Å². The van der Waals surface area contributed by atoms with Crippen LogP contribution in [0.25, 0.3) is 0 Å². The number of phenolic OH excluding ortho intramolecular Hbond substituents is 1. The van der Waals surface area contributed by atoms with Gasteiger partial charge in [0.05, 0.1) is 0 Å². The van der Waals surface area contributed by atoms with Crippen molar-refractivity contribution >= 4 is 0 Å². The molecule has 2 aromatic rings. The Morgan fingerprint density at radius 1 is 1.00 bits per heavy atom. The molecule has 0 radical (unpaired) electrons. The molecule has 0 fully saturated rings. The maximum atomic E-state index is 9.87. The minimum atomic E-state index is 0.223. The second kappa shape index (κ2) is 4.40. The number of hydrogen-bond donors (Lipinski definition) is 1. The zero-order chi connectivity index (χ0) is 11.5. The van der Waals surface area contributed by atoms with Gasteiger partial charge in [-0.25, -0.2) is 0 Å². The van der Waals surface area contributed by atoms with Crippen LogP contribution in [0.1, 0.15) is 29.5 Å². The van der Waals surface area contributed by atoms with Gasteiger partial charge in [-0.3, -0.25) is 0 Å². The topological polar surface area (TPSA) is 20.2 Å². The molecule has 1 unspecified atom stereocenters. The summed E-state index contributed by atoms with van der Waals surface area (Å²) in [4.78, 5) is 0. The summed E-state index contributed by atoms with van der Waals surface area (Å²) >= 11 is 0. The van der Waals surface area contributed by atoms with Crippen LogP contribution in [0.2, 0.25) is 0 Å². The van der Waals surface area contributed by atoms with E-state index in [0.717, 1.165) is 5.56 Å². The van der Waals surface area contributed by atoms with E-state index in [-0.39, 0.29) is 5.92 Å². The zero-order valence-corrected chi connectivity index (χ0v) is 9.64. The Balaban J connectivity index is 2.41. The summed E-state index contributed by atoms with van der Waals surface area (Å²) in [6, 6.07) is 16.0. The number of aryl methyl sites for hydroxylation is 1. The Bertz CT molecular complexity index is 474. The van der Waals surface area contributed by atoms with E-state index in [1.165, 1.54) is 11.1 Å². The summed E-state index contributed by atoms with van der Waals surface area (Å²) in [6.45, 7) is 4.16. The van der Waals surface area contributed by atoms with Crippen LogP contribution in [0, 0.1) is 6.92 Å². The maximum absolute atomic E-state index is 9.87. The first-order valence-electron chi connectivity index (χ1n) is 5.53. The number of aromatic hydroxyl groups is 1. The molecule has 0 aromatic heterocycles. The van der Waals surface area contributed by atoms with Gasteiger partial charge in [0, 0.05) is 11.5 Å². The molecule has 0 saturated carbocycles. The fraction of sp³-hybridized carbons (Fsp3) is 0.200. The van der Waals surface area contributed by atoms with Crippen LogP contribution < -0.4 is 0 Å². The number of phenols is 1. The molecular formula is C15H16O. The van der Waals surface area contributed by atoms with E-state index in [1.807, 2.05) is 37.3 Å². The van der Waals surface area contributed by atoms with Crippen molar-refractivity contribution in [2.24, 2.45) is 0 Å². The number of benzene rings is 2. The molecule has 0 aliphatic rings. The van der Waals surface area contributed by atoms with Crippen LogP contribution in [-0.2, 0) is 0 Å². The maximum Gasteiger partial charge on any atom is 0.119 e. The first-order valence-corrected chi connectivity index (χ1v) is 5.53. The predicted molar refractivity (Wildman–Crippen MR) is 66.8 cm³/mol. The van der Waals surface area contributed by atoms with Crippen molar-refractivity contribution in [3.05, 3.63) is 65.2 Å². The fourth-order valence-corrected chi connectivity index (χ4v) is 1.94. The third kappa shape index (κ3) is 2.08. The first kappa shape index (κ1) is 10.7. The van der Waals surface area contributed by atoms with Crippen LogP contribution in [0.3, 0.4) is 0 Å². The van der Waals surface area contributed by atoms with Crippen molar-refractivity contribution in [1.29, 1.82) is 0 Å². The minimum absolute atomic E-state index is 0.223. The summed E-state index contributed by atoms with van der Waals surface area (Å²) in [6.07, 6.45) is 0. The Morgan fingerprint density at radius 2 is 1.69 bits per heavy atom. The van der Waals surface area contributed by atoms with Gasteiger partial charge in [0.25, 0.3) is 0 Å². The van der Waals surface area contributed by atoms with Crippen molar-refractivity contribution in [1.82, 2.24) is 0 Å². The Kier molecular flexibility index (Phi) is 2.95. The predicted octanol–water partition coefficient (Wildman–Crippen LogP) is 3.85. The van der Waals surface area contributed by atoms with Gasteiger partial charge in [0.1, 0.15) is 5.75 Å². The lowest BCUT2D eigenvalue weighted by molar-refractivity contribution is 0.466. The highest BCUT2D eigenvalue weighted by atomic mass is 16.3.